The fraction of sp³-hybridized carbons (Fsp3) is 0.750. The zero-order chi connectivity index (χ0) is 13.8. The molecule has 0 heterocycles. The largest absolute Gasteiger partial charge is 0.446 e. The van der Waals surface area contributed by atoms with Gasteiger partial charge in [-0.05, 0) is 20.8 Å². The second kappa shape index (κ2) is 6.12. The van der Waals surface area contributed by atoms with Crippen molar-refractivity contribution in [2.75, 3.05) is 7.05 Å². The normalized spacial score (nSPS) is 13.5. The van der Waals surface area contributed by atoms with Gasteiger partial charge in [0.1, 0.15) is 0 Å². The molecule has 0 aliphatic heterocycles. The predicted molar refractivity (Wildman–Crippen MR) is 67.7 cm³/mol. The summed E-state index contributed by atoms with van der Waals surface area (Å²) in [6.07, 6.45) is -1.45. The summed E-state index contributed by atoms with van der Waals surface area (Å²) < 4.78 is 30.6. The Morgan fingerprint density at radius 2 is 1.88 bits per heavy atom. The van der Waals surface area contributed by atoms with Crippen LogP contribution in [0.15, 0.2) is 0 Å². The third-order valence-electron chi connectivity index (χ3n) is 1.89. The molecule has 0 aliphatic carbocycles. The molecule has 0 radical (unpaired) electrons. The monoisotopic (exact) mass is 283 g/mol. The molecule has 0 aliphatic rings. The van der Waals surface area contributed by atoms with E-state index >= 15 is 0 Å². The van der Waals surface area contributed by atoms with Crippen molar-refractivity contribution in [3.8, 4) is 0 Å². The van der Waals surface area contributed by atoms with Crippen LogP contribution in [-0.4, -0.2) is 43.0 Å². The summed E-state index contributed by atoms with van der Waals surface area (Å²) in [6, 6.07) is -0.700. The number of nitrogens with two attached hydrogens (primary N) is 1. The SMILES string of the molecule is CC(C)OC(=O)NS(=O)(=O)N(C)C(C)C(N)=S. The number of rotatable bonds is 5. The minimum atomic E-state index is -4.01. The van der Waals surface area contributed by atoms with Crippen molar-refractivity contribution in [2.45, 2.75) is 32.9 Å². The molecule has 1 unspecified atom stereocenters. The number of ether oxygens (including phenoxy) is 1. The van der Waals surface area contributed by atoms with E-state index in [1.54, 1.807) is 18.6 Å². The Morgan fingerprint density at radius 3 is 2.24 bits per heavy atom. The van der Waals surface area contributed by atoms with E-state index < -0.39 is 28.4 Å². The van der Waals surface area contributed by atoms with Crippen LogP contribution in [0.3, 0.4) is 0 Å². The van der Waals surface area contributed by atoms with Crippen molar-refractivity contribution < 1.29 is 17.9 Å². The average molecular weight is 283 g/mol. The number of amides is 1. The highest BCUT2D eigenvalue weighted by atomic mass is 32.2. The van der Waals surface area contributed by atoms with Crippen molar-refractivity contribution in [1.82, 2.24) is 9.03 Å². The lowest BCUT2D eigenvalue weighted by Gasteiger charge is -2.23. The van der Waals surface area contributed by atoms with Crippen molar-refractivity contribution in [2.24, 2.45) is 5.73 Å². The Kier molecular flexibility index (Phi) is 5.79. The molecule has 17 heavy (non-hydrogen) atoms. The molecule has 0 spiro atoms. The van der Waals surface area contributed by atoms with Crippen LogP contribution in [-0.2, 0) is 14.9 Å². The number of carbonyl (C=O) groups is 1. The van der Waals surface area contributed by atoms with Gasteiger partial charge < -0.3 is 10.5 Å². The highest BCUT2D eigenvalue weighted by Gasteiger charge is 2.27. The lowest BCUT2D eigenvalue weighted by atomic mass is 10.3. The molecule has 0 rings (SSSR count). The number of nitrogens with one attached hydrogen (secondary N) is 1. The predicted octanol–water partition coefficient (Wildman–Crippen LogP) is -0.0278. The minimum Gasteiger partial charge on any atom is -0.446 e. The third kappa shape index (κ3) is 5.29. The molecule has 0 aromatic heterocycles. The van der Waals surface area contributed by atoms with Crippen LogP contribution in [0.25, 0.3) is 0 Å². The first-order chi connectivity index (χ1) is 7.58. The molecule has 100 valence electrons. The van der Waals surface area contributed by atoms with Crippen molar-refractivity contribution in [3.05, 3.63) is 0 Å². The van der Waals surface area contributed by atoms with Crippen LogP contribution in [0.5, 0.6) is 0 Å². The first kappa shape index (κ1) is 16.1. The lowest BCUT2D eigenvalue weighted by molar-refractivity contribution is 0.121. The maximum atomic E-state index is 11.7. The molecule has 0 saturated heterocycles. The van der Waals surface area contributed by atoms with Gasteiger partial charge in [-0.1, -0.05) is 12.2 Å². The number of hydrogen-bond acceptors (Lipinski definition) is 5. The van der Waals surface area contributed by atoms with Crippen LogP contribution in [0.1, 0.15) is 20.8 Å². The lowest BCUT2D eigenvalue weighted by Crippen LogP contribution is -2.49. The zero-order valence-electron chi connectivity index (χ0n) is 10.1. The Morgan fingerprint density at radius 1 is 1.41 bits per heavy atom. The maximum Gasteiger partial charge on any atom is 0.422 e. The summed E-state index contributed by atoms with van der Waals surface area (Å²) in [5.74, 6) is 0. The van der Waals surface area contributed by atoms with Gasteiger partial charge in [0, 0.05) is 7.05 Å². The molecule has 0 aromatic carbocycles. The molecular formula is C8H17N3O4S2. The minimum absolute atomic E-state index is 0.00935. The van der Waals surface area contributed by atoms with Gasteiger partial charge in [0.05, 0.1) is 17.1 Å². The third-order valence-corrected chi connectivity index (χ3v) is 3.73. The summed E-state index contributed by atoms with van der Waals surface area (Å²) in [5.41, 5.74) is 5.33. The van der Waals surface area contributed by atoms with Gasteiger partial charge in [-0.25, -0.2) is 9.52 Å². The van der Waals surface area contributed by atoms with Gasteiger partial charge in [0.15, 0.2) is 0 Å². The van der Waals surface area contributed by atoms with Gasteiger partial charge in [-0.2, -0.15) is 12.7 Å². The number of hydrogen-bond donors (Lipinski definition) is 2. The Bertz CT molecular complexity index is 394. The fourth-order valence-electron chi connectivity index (χ4n) is 0.803. The zero-order valence-corrected chi connectivity index (χ0v) is 11.8. The van der Waals surface area contributed by atoms with Crippen LogP contribution < -0.4 is 10.5 Å². The van der Waals surface area contributed by atoms with E-state index in [4.69, 9.17) is 5.73 Å². The fourth-order valence-corrected chi connectivity index (χ4v) is 1.96. The average Bonchev–Trinajstić information content (AvgIpc) is 2.12. The molecule has 0 aromatic rings. The summed E-state index contributed by atoms with van der Waals surface area (Å²) in [6.45, 7) is 4.72. The van der Waals surface area contributed by atoms with Crippen LogP contribution in [0, 0.1) is 0 Å². The summed E-state index contributed by atoms with van der Waals surface area (Å²) >= 11 is 4.67. The molecule has 9 heteroatoms. The first-order valence-electron chi connectivity index (χ1n) is 4.83. The second-order valence-electron chi connectivity index (χ2n) is 3.66. The maximum absolute atomic E-state index is 11.7. The van der Waals surface area contributed by atoms with Gasteiger partial charge in [-0.3, -0.25) is 0 Å². The van der Waals surface area contributed by atoms with Crippen molar-refractivity contribution in [3.63, 3.8) is 0 Å². The van der Waals surface area contributed by atoms with E-state index in [-0.39, 0.29) is 4.99 Å². The highest BCUT2D eigenvalue weighted by molar-refractivity contribution is 7.87. The number of carbonyl (C=O) groups excluding carboxylic acids is 1. The molecule has 7 nitrogen and oxygen atoms in total. The summed E-state index contributed by atoms with van der Waals surface area (Å²) in [4.78, 5) is 11.2. The van der Waals surface area contributed by atoms with Crippen LogP contribution in [0.4, 0.5) is 4.79 Å². The molecule has 0 bridgehead atoms. The first-order valence-corrected chi connectivity index (χ1v) is 6.68. The van der Waals surface area contributed by atoms with E-state index in [1.807, 2.05) is 0 Å². The quantitative estimate of drug-likeness (QED) is 0.687. The molecular weight excluding hydrogens is 266 g/mol. The van der Waals surface area contributed by atoms with E-state index in [0.717, 1.165) is 4.31 Å². The summed E-state index contributed by atoms with van der Waals surface area (Å²) in [5, 5.41) is 0. The van der Waals surface area contributed by atoms with E-state index in [1.165, 1.54) is 14.0 Å². The Hall–Kier alpha value is -0.930. The van der Waals surface area contributed by atoms with Gasteiger partial charge >= 0.3 is 16.3 Å². The molecule has 0 fully saturated rings. The molecule has 1 amide bonds. The Labute approximate surface area is 106 Å². The Balaban J connectivity index is 4.69. The molecule has 3 N–H and O–H groups in total. The van der Waals surface area contributed by atoms with E-state index in [2.05, 4.69) is 17.0 Å². The highest BCUT2D eigenvalue weighted by Crippen LogP contribution is 2.03. The standard InChI is InChI=1S/C8H17N3O4S2/c1-5(2)15-8(12)10-17(13,14)11(4)6(3)7(9)16/h5-6H,1-4H3,(H2,9,16)(H,10,12). The van der Waals surface area contributed by atoms with Crippen LogP contribution >= 0.6 is 12.2 Å². The second-order valence-corrected chi connectivity index (χ2v) is 5.86. The number of nitrogens with zero attached hydrogens (tertiary/aromatic N) is 1. The van der Waals surface area contributed by atoms with Gasteiger partial charge in [0.25, 0.3) is 0 Å². The topological polar surface area (TPSA) is 102 Å². The van der Waals surface area contributed by atoms with E-state index in [0.29, 0.717) is 0 Å². The van der Waals surface area contributed by atoms with Gasteiger partial charge in [-0.15, -0.1) is 0 Å². The van der Waals surface area contributed by atoms with Gasteiger partial charge in [0.2, 0.25) is 0 Å². The molecule has 0 saturated carbocycles. The van der Waals surface area contributed by atoms with Crippen molar-refractivity contribution >= 4 is 33.5 Å². The number of likely N-dealkylation sites (N-methyl/N-ethyl adjacent to an activating group) is 1. The van der Waals surface area contributed by atoms with Crippen LogP contribution in [0.2, 0.25) is 0 Å². The number of thiocarbonyl (C=S) groups is 1. The van der Waals surface area contributed by atoms with E-state index in [9.17, 15) is 13.2 Å². The molecule has 1 atom stereocenters. The smallest absolute Gasteiger partial charge is 0.422 e. The van der Waals surface area contributed by atoms with Crippen molar-refractivity contribution in [1.29, 1.82) is 0 Å². The summed E-state index contributed by atoms with van der Waals surface area (Å²) in [7, 11) is -2.75.